The first-order chi connectivity index (χ1) is 15.9. The number of amides is 1. The summed E-state index contributed by atoms with van der Waals surface area (Å²) >= 11 is 0. The zero-order valence-electron chi connectivity index (χ0n) is 20.2. The molecule has 0 heterocycles. The summed E-state index contributed by atoms with van der Waals surface area (Å²) in [4.78, 5) is 26.6. The van der Waals surface area contributed by atoms with Gasteiger partial charge >= 0.3 is 6.09 Å². The lowest BCUT2D eigenvalue weighted by Gasteiger charge is -2.34. The van der Waals surface area contributed by atoms with E-state index in [-0.39, 0.29) is 41.1 Å². The lowest BCUT2D eigenvalue weighted by Crippen LogP contribution is -2.47. The summed E-state index contributed by atoms with van der Waals surface area (Å²) in [7, 11) is -2.69. The van der Waals surface area contributed by atoms with E-state index in [4.69, 9.17) is 14.6 Å². The van der Waals surface area contributed by atoms with Gasteiger partial charge in [0, 0.05) is 24.1 Å². The zero-order chi connectivity index (χ0) is 25.4. The van der Waals surface area contributed by atoms with Crippen molar-refractivity contribution in [3.63, 3.8) is 0 Å². The van der Waals surface area contributed by atoms with Crippen LogP contribution >= 0.6 is 0 Å². The molecule has 0 aromatic heterocycles. The third-order valence-corrected chi connectivity index (χ3v) is 6.24. The fourth-order valence-corrected chi connectivity index (χ4v) is 4.15. The summed E-state index contributed by atoms with van der Waals surface area (Å²) in [6.45, 7) is 6.61. The van der Waals surface area contributed by atoms with Crippen LogP contribution < -0.4 is 9.88 Å². The van der Waals surface area contributed by atoms with Gasteiger partial charge in [-0.15, -0.1) is 0 Å². The van der Waals surface area contributed by atoms with Crippen molar-refractivity contribution in [1.82, 2.24) is 4.90 Å². The molecule has 0 saturated carbocycles. The molecule has 0 unspecified atom stereocenters. The number of benzene rings is 2. The number of nitrogens with two attached hydrogens (primary N) is 1. The van der Waals surface area contributed by atoms with Crippen LogP contribution in [0, 0.1) is 0 Å². The van der Waals surface area contributed by atoms with Gasteiger partial charge in [0.05, 0.1) is 13.7 Å². The Morgan fingerprint density at radius 2 is 1.71 bits per heavy atom. The molecule has 0 saturated heterocycles. The minimum atomic E-state index is -4.02. The maximum absolute atomic E-state index is 12.7. The molecule has 0 spiro atoms. The third-order valence-electron chi connectivity index (χ3n) is 5.31. The van der Waals surface area contributed by atoms with Crippen molar-refractivity contribution in [1.29, 1.82) is 0 Å². The second-order valence-electron chi connectivity index (χ2n) is 8.96. The molecule has 0 fully saturated rings. The number of rotatable bonds is 11. The monoisotopic (exact) mass is 490 g/mol. The minimum Gasteiger partial charge on any atom is -0.495 e. The standard InChI is InChI=1S/C25H34N2O6S/c1-25(2,3)27(16-15-19-10-6-5-7-11-19)24(29)33-17-9-8-12-21(28)20-13-14-22(32-4)23(18-20)34(26,30)31/h5-7,10-11,13-14,18H,8-9,12,15-17H2,1-4H3,(H2,26,30,31). The molecule has 0 aliphatic heterocycles. The van der Waals surface area contributed by atoms with E-state index < -0.39 is 15.6 Å². The van der Waals surface area contributed by atoms with Crippen molar-refractivity contribution in [3.8, 4) is 5.75 Å². The number of primary sulfonamides is 1. The van der Waals surface area contributed by atoms with Crippen LogP contribution in [0.4, 0.5) is 4.79 Å². The first-order valence-electron chi connectivity index (χ1n) is 11.2. The summed E-state index contributed by atoms with van der Waals surface area (Å²) < 4.78 is 33.9. The van der Waals surface area contributed by atoms with Crippen molar-refractivity contribution in [3.05, 3.63) is 59.7 Å². The smallest absolute Gasteiger partial charge is 0.410 e. The number of carbonyl (C=O) groups excluding carboxylic acids is 2. The molecule has 2 N–H and O–H groups in total. The number of hydrogen-bond acceptors (Lipinski definition) is 6. The van der Waals surface area contributed by atoms with Gasteiger partial charge in [0.25, 0.3) is 0 Å². The van der Waals surface area contributed by atoms with Crippen LogP contribution in [-0.4, -0.2) is 51.0 Å². The predicted molar refractivity (Wildman–Crippen MR) is 131 cm³/mol. The Kier molecular flexibility index (Phi) is 9.64. The molecule has 1 amide bonds. The Bertz CT molecular complexity index is 1080. The highest BCUT2D eigenvalue weighted by Crippen LogP contribution is 2.24. The van der Waals surface area contributed by atoms with Gasteiger partial charge in [-0.25, -0.2) is 18.4 Å². The first-order valence-corrected chi connectivity index (χ1v) is 12.7. The van der Waals surface area contributed by atoms with Crippen molar-refractivity contribution in [2.75, 3.05) is 20.3 Å². The third kappa shape index (κ3) is 8.14. The normalized spacial score (nSPS) is 11.7. The predicted octanol–water partition coefficient (Wildman–Crippen LogP) is 4.18. The molecule has 34 heavy (non-hydrogen) atoms. The summed E-state index contributed by atoms with van der Waals surface area (Å²) in [5, 5.41) is 5.21. The second kappa shape index (κ2) is 12.0. The van der Waals surface area contributed by atoms with Gasteiger partial charge in [-0.05, 0) is 63.8 Å². The molecule has 0 aliphatic rings. The van der Waals surface area contributed by atoms with Crippen LogP contribution in [0.25, 0.3) is 0 Å². The molecular weight excluding hydrogens is 456 g/mol. The van der Waals surface area contributed by atoms with Gasteiger partial charge in [0.15, 0.2) is 5.78 Å². The molecule has 8 nitrogen and oxygen atoms in total. The fraction of sp³-hybridized carbons (Fsp3) is 0.440. The molecule has 0 atom stereocenters. The number of carbonyl (C=O) groups is 2. The number of methoxy groups -OCH3 is 1. The molecule has 0 radical (unpaired) electrons. The Hall–Kier alpha value is -2.91. The van der Waals surface area contributed by atoms with E-state index in [1.54, 1.807) is 4.90 Å². The van der Waals surface area contributed by atoms with E-state index in [1.807, 2.05) is 51.1 Å². The summed E-state index contributed by atoms with van der Waals surface area (Å²) in [5.41, 5.74) is 0.992. The molecule has 186 valence electrons. The quantitative estimate of drug-likeness (QED) is 0.373. The van der Waals surface area contributed by atoms with Crippen molar-refractivity contribution < 1.29 is 27.5 Å². The Morgan fingerprint density at radius 1 is 1.03 bits per heavy atom. The highest BCUT2D eigenvalue weighted by Gasteiger charge is 2.27. The molecule has 9 heteroatoms. The van der Waals surface area contributed by atoms with Crippen molar-refractivity contribution >= 4 is 21.9 Å². The zero-order valence-corrected chi connectivity index (χ0v) is 21.1. The van der Waals surface area contributed by atoms with Gasteiger partial charge in [0.1, 0.15) is 10.6 Å². The minimum absolute atomic E-state index is 0.0848. The summed E-state index contributed by atoms with van der Waals surface area (Å²) in [6.07, 6.45) is 1.52. The number of nitrogens with zero attached hydrogens (tertiary/aromatic N) is 1. The fourth-order valence-electron chi connectivity index (χ4n) is 3.43. The topological polar surface area (TPSA) is 116 Å². The summed E-state index contributed by atoms with van der Waals surface area (Å²) in [6, 6.07) is 14.1. The SMILES string of the molecule is COc1ccc(C(=O)CCCCOC(=O)N(CCc2ccccc2)C(C)(C)C)cc1S(N)(=O)=O. The second-order valence-corrected chi connectivity index (χ2v) is 10.5. The van der Waals surface area contributed by atoms with E-state index in [9.17, 15) is 18.0 Å². The van der Waals surface area contributed by atoms with Gasteiger partial charge in [-0.1, -0.05) is 30.3 Å². The number of sulfonamides is 1. The summed E-state index contributed by atoms with van der Waals surface area (Å²) in [5.74, 6) is -0.139. The van der Waals surface area contributed by atoms with E-state index in [1.165, 1.54) is 25.3 Å². The average Bonchev–Trinajstić information content (AvgIpc) is 2.77. The number of hydrogen-bond donors (Lipinski definition) is 1. The molecule has 2 aromatic carbocycles. The van der Waals surface area contributed by atoms with E-state index in [2.05, 4.69) is 0 Å². The van der Waals surface area contributed by atoms with Crippen molar-refractivity contribution in [2.24, 2.45) is 5.14 Å². The van der Waals surface area contributed by atoms with Crippen molar-refractivity contribution in [2.45, 2.75) is 56.9 Å². The van der Waals surface area contributed by atoms with Crippen LogP contribution in [0.15, 0.2) is 53.4 Å². The highest BCUT2D eigenvalue weighted by molar-refractivity contribution is 7.89. The first kappa shape index (κ1) is 27.3. The number of ketones is 1. The van der Waals surface area contributed by atoms with Crippen LogP contribution in [0.2, 0.25) is 0 Å². The molecular formula is C25H34N2O6S. The molecule has 0 bridgehead atoms. The van der Waals surface area contributed by atoms with Gasteiger partial charge in [0.2, 0.25) is 10.0 Å². The Labute approximate surface area is 202 Å². The van der Waals surface area contributed by atoms with Crippen LogP contribution in [-0.2, 0) is 21.2 Å². The maximum atomic E-state index is 12.7. The lowest BCUT2D eigenvalue weighted by atomic mass is 10.0. The number of Topliss-reactive ketones (excluding diaryl/α,β-unsaturated/α-hetero) is 1. The Morgan fingerprint density at radius 3 is 2.29 bits per heavy atom. The van der Waals surface area contributed by atoms with E-state index in [0.717, 1.165) is 12.0 Å². The Balaban J connectivity index is 1.85. The maximum Gasteiger partial charge on any atom is 0.410 e. The van der Waals surface area contributed by atoms with Crippen LogP contribution in [0.5, 0.6) is 5.75 Å². The number of unbranched alkanes of at least 4 members (excludes halogenated alkanes) is 1. The largest absolute Gasteiger partial charge is 0.495 e. The van der Waals surface area contributed by atoms with E-state index in [0.29, 0.717) is 19.4 Å². The van der Waals surface area contributed by atoms with Gasteiger partial charge < -0.3 is 14.4 Å². The lowest BCUT2D eigenvalue weighted by molar-refractivity contribution is 0.0671. The molecule has 0 aliphatic carbocycles. The van der Waals surface area contributed by atoms with Gasteiger partial charge in [-0.2, -0.15) is 0 Å². The van der Waals surface area contributed by atoms with E-state index >= 15 is 0 Å². The van der Waals surface area contributed by atoms with Gasteiger partial charge in [-0.3, -0.25) is 4.79 Å². The average molecular weight is 491 g/mol. The molecule has 2 rings (SSSR count). The highest BCUT2D eigenvalue weighted by atomic mass is 32.2. The number of ether oxygens (including phenoxy) is 2. The van der Waals surface area contributed by atoms with Crippen LogP contribution in [0.3, 0.4) is 0 Å². The molecule has 2 aromatic rings. The van der Waals surface area contributed by atoms with Crippen LogP contribution in [0.1, 0.15) is 56.0 Å².